The van der Waals surface area contributed by atoms with Crippen LogP contribution in [0.15, 0.2) is 133 Å². The van der Waals surface area contributed by atoms with E-state index >= 15 is 0 Å². The topological polar surface area (TPSA) is 183 Å². The SMILES string of the molecule is CCOC(=O)Cc1ccc(N2CC[C@H](N(C(=O)OCOC(=O)C3[C@H]4CC[C@H](N4)[C@H]3C(=O)OCOC(=O)N([C@H]3CCN(c4ccc(CC(=O)OCC)cc4)C3)[C@H](C)c3cccc4ccccc34)[C@H](C)c3cccc4ccccc34)C2)cc1. The average Bonchev–Trinajstić information content (AvgIpc) is 4.55. The largest absolute Gasteiger partial charge is 0.466 e. The molecule has 1 unspecified atom stereocenters. The van der Waals surface area contributed by atoms with E-state index in [0.29, 0.717) is 65.1 Å². The lowest BCUT2D eigenvalue weighted by atomic mass is 9.79. The molecule has 424 valence electrons. The highest BCUT2D eigenvalue weighted by Crippen LogP contribution is 2.41. The van der Waals surface area contributed by atoms with Crippen molar-refractivity contribution in [1.29, 1.82) is 0 Å². The lowest BCUT2D eigenvalue weighted by molar-refractivity contribution is -0.170. The van der Waals surface area contributed by atoms with Crippen LogP contribution >= 0.6 is 0 Å². The minimum Gasteiger partial charge on any atom is -0.466 e. The summed E-state index contributed by atoms with van der Waals surface area (Å²) in [5, 5.41) is 7.45. The molecule has 6 aromatic carbocycles. The third kappa shape index (κ3) is 12.6. The Hall–Kier alpha value is -8.18. The number of carbonyl (C=O) groups is 6. The third-order valence-electron chi connectivity index (χ3n) is 16.6. The highest BCUT2D eigenvalue weighted by atomic mass is 16.7. The molecule has 0 spiro atoms. The summed E-state index contributed by atoms with van der Waals surface area (Å²) in [4.78, 5) is 89.2. The van der Waals surface area contributed by atoms with E-state index in [1.807, 2.05) is 147 Å². The number of hydrogen-bond donors (Lipinski definition) is 1. The van der Waals surface area contributed by atoms with Crippen LogP contribution in [-0.2, 0) is 60.4 Å². The number of nitrogens with zero attached hydrogens (tertiary/aromatic N) is 4. The van der Waals surface area contributed by atoms with E-state index in [1.165, 1.54) is 0 Å². The average molecular weight is 1100 g/mol. The van der Waals surface area contributed by atoms with E-state index < -0.39 is 61.6 Å². The van der Waals surface area contributed by atoms with Crippen LogP contribution in [0.2, 0.25) is 0 Å². The van der Waals surface area contributed by atoms with Crippen molar-refractivity contribution in [3.63, 3.8) is 0 Å². The van der Waals surface area contributed by atoms with Gasteiger partial charge < -0.3 is 43.5 Å². The van der Waals surface area contributed by atoms with Crippen LogP contribution in [0, 0.1) is 11.8 Å². The van der Waals surface area contributed by atoms with E-state index in [0.717, 1.165) is 55.2 Å². The van der Waals surface area contributed by atoms with Crippen molar-refractivity contribution in [2.75, 3.05) is 62.8 Å². The standard InChI is InChI=1S/C64H71N5O12/c1-5-76-57(70)35-43-21-25-47(26-22-43)66-33-31-49(37-66)68(41(3)51-19-11-15-45-13-7-9-17-53(45)51)63(74)80-39-78-61(72)59-55-29-30-56(65-55)60(59)62(73)79-40-81-64(75)69(42(4)52-20-12-16-46-14-8-10-18-54(46)52)50-32-34-67(38-50)48-27-23-44(24-28-48)36-58(71)77-6-2/h7-28,41-42,49-50,55-56,59-60,65H,5-6,29-40H2,1-4H3/t41-,42-,49+,50+,55-,56+,59?,60-/m1/s1. The molecule has 8 atom stereocenters. The maximum Gasteiger partial charge on any atom is 0.413 e. The van der Waals surface area contributed by atoms with Gasteiger partial charge in [0.05, 0.1) is 62.1 Å². The fourth-order valence-electron chi connectivity index (χ4n) is 12.7. The number of fused-ring (bicyclic) bond motifs is 4. The van der Waals surface area contributed by atoms with E-state index in [1.54, 1.807) is 23.6 Å². The number of esters is 4. The van der Waals surface area contributed by atoms with Crippen molar-refractivity contribution in [2.45, 2.75) is 102 Å². The minimum absolute atomic E-state index is 0.179. The van der Waals surface area contributed by atoms with Crippen LogP contribution in [0.25, 0.3) is 21.5 Å². The summed E-state index contributed by atoms with van der Waals surface area (Å²) >= 11 is 0. The van der Waals surface area contributed by atoms with Crippen LogP contribution in [0.1, 0.15) is 87.7 Å². The maximum absolute atomic E-state index is 14.5. The Balaban J connectivity index is 0.785. The molecule has 17 nitrogen and oxygen atoms in total. The van der Waals surface area contributed by atoms with Gasteiger partial charge in [-0.2, -0.15) is 0 Å². The van der Waals surface area contributed by atoms with E-state index in [2.05, 4.69) is 15.1 Å². The summed E-state index contributed by atoms with van der Waals surface area (Å²) in [6, 6.07) is 41.4. The van der Waals surface area contributed by atoms with Gasteiger partial charge >= 0.3 is 36.1 Å². The van der Waals surface area contributed by atoms with Crippen molar-refractivity contribution in [3.8, 4) is 0 Å². The zero-order valence-corrected chi connectivity index (χ0v) is 46.4. The second kappa shape index (κ2) is 25.5. The first-order chi connectivity index (χ1) is 39.4. The normalized spacial score (nSPS) is 20.8. The number of hydrogen-bond acceptors (Lipinski definition) is 15. The third-order valence-corrected chi connectivity index (χ3v) is 16.6. The van der Waals surface area contributed by atoms with Crippen molar-refractivity contribution in [3.05, 3.63) is 156 Å². The molecule has 2 bridgehead atoms. The second-order valence-corrected chi connectivity index (χ2v) is 21.4. The summed E-state index contributed by atoms with van der Waals surface area (Å²) in [6.45, 7) is 9.14. The predicted molar refractivity (Wildman–Crippen MR) is 305 cm³/mol. The van der Waals surface area contributed by atoms with Gasteiger partial charge in [0, 0.05) is 49.6 Å². The van der Waals surface area contributed by atoms with Crippen LogP contribution in [0.4, 0.5) is 21.0 Å². The summed E-state index contributed by atoms with van der Waals surface area (Å²) in [5.41, 5.74) is 5.47. The van der Waals surface area contributed by atoms with Gasteiger partial charge in [-0.25, -0.2) is 9.59 Å². The molecule has 1 N–H and O–H groups in total. The van der Waals surface area contributed by atoms with Gasteiger partial charge in [-0.1, -0.05) is 109 Å². The van der Waals surface area contributed by atoms with E-state index in [9.17, 15) is 28.8 Å². The molecular weight excluding hydrogens is 1030 g/mol. The highest BCUT2D eigenvalue weighted by molar-refractivity contribution is 5.88. The van der Waals surface area contributed by atoms with Crippen molar-refractivity contribution in [2.24, 2.45) is 11.8 Å². The van der Waals surface area contributed by atoms with Gasteiger partial charge in [-0.3, -0.25) is 29.0 Å². The molecule has 4 aliphatic heterocycles. The van der Waals surface area contributed by atoms with Gasteiger partial charge in [-0.05, 0) is 121 Å². The zero-order chi connectivity index (χ0) is 56.6. The molecule has 4 saturated heterocycles. The van der Waals surface area contributed by atoms with Crippen LogP contribution in [0.5, 0.6) is 0 Å². The highest BCUT2D eigenvalue weighted by Gasteiger charge is 2.55. The number of ether oxygens (including phenoxy) is 6. The first-order valence-corrected chi connectivity index (χ1v) is 28.3. The molecule has 0 aromatic heterocycles. The smallest absolute Gasteiger partial charge is 0.413 e. The Morgan fingerprint density at radius 1 is 0.494 bits per heavy atom. The summed E-state index contributed by atoms with van der Waals surface area (Å²) in [5.74, 6) is -3.85. The summed E-state index contributed by atoms with van der Waals surface area (Å²) < 4.78 is 33.4. The number of anilines is 2. The molecule has 81 heavy (non-hydrogen) atoms. The number of amides is 2. The van der Waals surface area contributed by atoms with Gasteiger partial charge in [0.15, 0.2) is 0 Å². The number of nitrogens with one attached hydrogen (secondary N) is 1. The predicted octanol–water partition coefficient (Wildman–Crippen LogP) is 9.83. The van der Waals surface area contributed by atoms with Crippen LogP contribution in [0.3, 0.4) is 0 Å². The lowest BCUT2D eigenvalue weighted by Crippen LogP contribution is -2.45. The fourth-order valence-corrected chi connectivity index (χ4v) is 12.7. The van der Waals surface area contributed by atoms with E-state index in [4.69, 9.17) is 28.4 Å². The summed E-state index contributed by atoms with van der Waals surface area (Å²) in [6.07, 6.45) is 1.59. The molecule has 17 heteroatoms. The number of carbonyl (C=O) groups excluding carboxylic acids is 6. The molecule has 10 rings (SSSR count). The Kier molecular flexibility index (Phi) is 17.7. The minimum atomic E-state index is -0.935. The van der Waals surface area contributed by atoms with Crippen molar-refractivity contribution >= 4 is 69.0 Å². The number of rotatable bonds is 20. The molecule has 4 fully saturated rings. The quantitative estimate of drug-likeness (QED) is 0.0433. The summed E-state index contributed by atoms with van der Waals surface area (Å²) in [7, 11) is 0. The molecule has 2 amide bonds. The van der Waals surface area contributed by atoms with Crippen LogP contribution in [-0.4, -0.2) is 123 Å². The molecule has 0 saturated carbocycles. The van der Waals surface area contributed by atoms with Gasteiger partial charge in [0.25, 0.3) is 0 Å². The lowest BCUT2D eigenvalue weighted by Gasteiger charge is -2.35. The monoisotopic (exact) mass is 1100 g/mol. The molecule has 4 aliphatic rings. The van der Waals surface area contributed by atoms with Gasteiger partial charge in [0.2, 0.25) is 13.6 Å². The second-order valence-electron chi connectivity index (χ2n) is 21.4. The Bertz CT molecular complexity index is 3000. The van der Waals surface area contributed by atoms with Crippen molar-refractivity contribution in [1.82, 2.24) is 15.1 Å². The first-order valence-electron chi connectivity index (χ1n) is 28.3. The van der Waals surface area contributed by atoms with Crippen LogP contribution < -0.4 is 15.1 Å². The maximum atomic E-state index is 14.5. The fraction of sp³-hybridized carbons (Fsp3) is 0.406. The van der Waals surface area contributed by atoms with Crippen molar-refractivity contribution < 1.29 is 57.2 Å². The molecular formula is C64H71N5O12. The molecule has 0 aliphatic carbocycles. The Morgan fingerprint density at radius 2 is 0.889 bits per heavy atom. The zero-order valence-electron chi connectivity index (χ0n) is 46.4. The molecule has 6 aromatic rings. The van der Waals surface area contributed by atoms with Gasteiger partial charge in [0.1, 0.15) is 0 Å². The number of benzene rings is 6. The Morgan fingerprint density at radius 3 is 1.30 bits per heavy atom. The molecule has 4 heterocycles. The molecule has 0 radical (unpaired) electrons. The first kappa shape index (κ1) is 56.1. The van der Waals surface area contributed by atoms with E-state index in [-0.39, 0.29) is 48.9 Å². The Labute approximate surface area is 472 Å². The van der Waals surface area contributed by atoms with Gasteiger partial charge in [-0.15, -0.1) is 0 Å².